The predicted octanol–water partition coefficient (Wildman–Crippen LogP) is 4.02. The normalized spacial score (nSPS) is 55.8. The summed E-state index contributed by atoms with van der Waals surface area (Å²) in [4.78, 5) is 12.9. The number of aliphatic hydroxyl groups is 1. The number of carbonyl (C=O) groups is 1. The van der Waals surface area contributed by atoms with E-state index in [1.54, 1.807) is 0 Å². The fourth-order valence-electron chi connectivity index (χ4n) is 7.93. The van der Waals surface area contributed by atoms with E-state index in [1.807, 2.05) is 0 Å². The van der Waals surface area contributed by atoms with Crippen LogP contribution in [-0.4, -0.2) is 41.2 Å². The summed E-state index contributed by atoms with van der Waals surface area (Å²) in [5.41, 5.74) is -2.88. The number of carbonyl (C=O) groups excluding carboxylic acids is 1. The molecule has 5 rings (SSSR count). The molecule has 0 amide bonds. The number of ether oxygens (including phenoxy) is 2. The van der Waals surface area contributed by atoms with Crippen molar-refractivity contribution in [2.45, 2.75) is 63.5 Å². The van der Waals surface area contributed by atoms with E-state index in [4.69, 9.17) is 4.74 Å². The molecule has 0 aromatic heterocycles. The van der Waals surface area contributed by atoms with Crippen molar-refractivity contribution < 1.29 is 41.3 Å². The second-order valence-electron chi connectivity index (χ2n) is 10.6. The largest absolute Gasteiger partial charge is 0.450 e. The Hall–Kier alpha value is -0.960. The van der Waals surface area contributed by atoms with E-state index < -0.39 is 42.0 Å². The van der Waals surface area contributed by atoms with E-state index in [9.17, 15) is 31.9 Å². The number of esters is 1. The van der Waals surface area contributed by atoms with Crippen LogP contribution in [0.3, 0.4) is 0 Å². The first-order valence-electron chi connectivity index (χ1n) is 10.8. The van der Waals surface area contributed by atoms with Gasteiger partial charge in [0, 0.05) is 0 Å². The first-order chi connectivity index (χ1) is 13.7. The molecule has 0 aromatic carbocycles. The van der Waals surface area contributed by atoms with E-state index >= 15 is 0 Å². The van der Waals surface area contributed by atoms with Gasteiger partial charge in [-0.15, -0.1) is 0 Å². The number of alkyl halides is 5. The monoisotopic (exact) mass is 438 g/mol. The van der Waals surface area contributed by atoms with Crippen molar-refractivity contribution in [3.63, 3.8) is 0 Å². The van der Waals surface area contributed by atoms with Crippen LogP contribution in [0, 0.1) is 53.3 Å². The number of rotatable bonds is 2. The number of halogens is 5. The molecule has 4 saturated carbocycles. The molecule has 1 saturated heterocycles. The third-order valence-corrected chi connectivity index (χ3v) is 9.50. The van der Waals surface area contributed by atoms with Gasteiger partial charge in [0.2, 0.25) is 5.60 Å². The molecular formula is C21H27F5O4. The van der Waals surface area contributed by atoms with Gasteiger partial charge in [-0.05, 0) is 73.5 Å². The Balaban J connectivity index is 1.34. The van der Waals surface area contributed by atoms with Crippen LogP contribution in [0.1, 0.15) is 40.0 Å². The maximum Gasteiger partial charge on any atom is 0.449 e. The van der Waals surface area contributed by atoms with Crippen LogP contribution < -0.4 is 0 Å². The summed E-state index contributed by atoms with van der Waals surface area (Å²) in [6.45, 7) is 3.99. The molecule has 5 aliphatic rings. The Morgan fingerprint density at radius 2 is 1.63 bits per heavy atom. The SMILES string of the molecule is CC1C(C)C2CC1C1C3CC(C(=O)OC4(C)COC(O)(C(F)(F)F)C4(F)F)C(C3)C21. The molecule has 5 fully saturated rings. The smallest absolute Gasteiger partial charge is 0.449 e. The summed E-state index contributed by atoms with van der Waals surface area (Å²) in [5.74, 6) is -7.27. The number of hydrogen-bond acceptors (Lipinski definition) is 4. The van der Waals surface area contributed by atoms with Gasteiger partial charge in [-0.25, -0.2) is 0 Å². The Kier molecular flexibility index (Phi) is 4.10. The lowest BCUT2D eigenvalue weighted by atomic mass is 9.62. The van der Waals surface area contributed by atoms with Crippen molar-refractivity contribution in [1.29, 1.82) is 0 Å². The van der Waals surface area contributed by atoms with Crippen LogP contribution in [0.5, 0.6) is 0 Å². The van der Waals surface area contributed by atoms with Gasteiger partial charge < -0.3 is 14.6 Å². The van der Waals surface area contributed by atoms with Gasteiger partial charge in [0.1, 0.15) is 0 Å². The summed E-state index contributed by atoms with van der Waals surface area (Å²) in [5, 5.41) is 9.53. The minimum Gasteiger partial charge on any atom is -0.450 e. The van der Waals surface area contributed by atoms with Crippen LogP contribution in [0.15, 0.2) is 0 Å². The average molecular weight is 438 g/mol. The van der Waals surface area contributed by atoms with Gasteiger partial charge in [0.25, 0.3) is 0 Å². The molecule has 9 heteroatoms. The molecule has 4 aliphatic carbocycles. The van der Waals surface area contributed by atoms with Crippen LogP contribution in [0.4, 0.5) is 22.0 Å². The molecule has 1 N–H and O–H groups in total. The lowest BCUT2D eigenvalue weighted by molar-refractivity contribution is -0.409. The Morgan fingerprint density at radius 1 is 1.03 bits per heavy atom. The van der Waals surface area contributed by atoms with Gasteiger partial charge in [-0.1, -0.05) is 13.8 Å². The zero-order valence-corrected chi connectivity index (χ0v) is 17.1. The van der Waals surface area contributed by atoms with Crippen LogP contribution in [0.25, 0.3) is 0 Å². The minimum atomic E-state index is -5.73. The zero-order valence-electron chi connectivity index (χ0n) is 17.1. The topological polar surface area (TPSA) is 55.8 Å². The zero-order chi connectivity index (χ0) is 22.0. The summed E-state index contributed by atoms with van der Waals surface area (Å²) in [6, 6.07) is 0. The van der Waals surface area contributed by atoms with Crippen LogP contribution >= 0.6 is 0 Å². The molecule has 1 heterocycles. The van der Waals surface area contributed by atoms with E-state index in [0.29, 0.717) is 54.8 Å². The average Bonchev–Trinajstić information content (AvgIpc) is 3.40. The molecule has 11 unspecified atom stereocenters. The molecule has 30 heavy (non-hydrogen) atoms. The highest BCUT2D eigenvalue weighted by Crippen LogP contribution is 2.71. The van der Waals surface area contributed by atoms with Crippen molar-refractivity contribution in [1.82, 2.24) is 0 Å². The summed E-state index contributed by atoms with van der Waals surface area (Å²) >= 11 is 0. The van der Waals surface area contributed by atoms with Crippen molar-refractivity contribution in [2.24, 2.45) is 53.3 Å². The van der Waals surface area contributed by atoms with E-state index in [1.165, 1.54) is 0 Å². The van der Waals surface area contributed by atoms with E-state index in [0.717, 1.165) is 12.8 Å². The van der Waals surface area contributed by atoms with Crippen molar-refractivity contribution in [2.75, 3.05) is 6.61 Å². The van der Waals surface area contributed by atoms with Gasteiger partial charge in [-0.2, -0.15) is 22.0 Å². The molecular weight excluding hydrogens is 411 g/mol. The van der Waals surface area contributed by atoms with E-state index in [2.05, 4.69) is 18.6 Å². The number of hydrogen-bond donors (Lipinski definition) is 1. The molecule has 0 aromatic rings. The lowest BCUT2D eigenvalue weighted by Crippen LogP contribution is -2.63. The van der Waals surface area contributed by atoms with Crippen LogP contribution in [0.2, 0.25) is 0 Å². The number of fused-ring (bicyclic) bond motifs is 9. The molecule has 11 atom stereocenters. The summed E-state index contributed by atoms with van der Waals surface area (Å²) < 4.78 is 77.6. The molecule has 0 spiro atoms. The Morgan fingerprint density at radius 3 is 2.20 bits per heavy atom. The van der Waals surface area contributed by atoms with Crippen molar-refractivity contribution in [3.05, 3.63) is 0 Å². The Bertz CT molecular complexity index is 771. The summed E-state index contributed by atoms with van der Waals surface area (Å²) in [6.07, 6.45) is -3.18. The Labute approximate surface area is 171 Å². The van der Waals surface area contributed by atoms with E-state index in [-0.39, 0.29) is 5.92 Å². The first-order valence-corrected chi connectivity index (χ1v) is 10.8. The highest BCUT2D eigenvalue weighted by molar-refractivity contribution is 5.74. The third kappa shape index (κ3) is 2.26. The van der Waals surface area contributed by atoms with Gasteiger partial charge in [0.15, 0.2) is 0 Å². The fraction of sp³-hybridized carbons (Fsp3) is 0.952. The van der Waals surface area contributed by atoms with Gasteiger partial charge in [-0.3, -0.25) is 4.79 Å². The molecule has 1 aliphatic heterocycles. The highest BCUT2D eigenvalue weighted by Gasteiger charge is 2.83. The molecule has 4 bridgehead atoms. The van der Waals surface area contributed by atoms with Gasteiger partial charge >= 0.3 is 23.9 Å². The van der Waals surface area contributed by atoms with Crippen LogP contribution in [-0.2, 0) is 14.3 Å². The standard InChI is InChI=1S/C21H27F5O4/c1-8-9(2)12-6-11(8)15-10-4-13(16(12)15)14(5-10)17(27)30-18(3)7-29-20(28,19(18,22)23)21(24,25)26/h8-16,28H,4-7H2,1-3H3. The fourth-order valence-corrected chi connectivity index (χ4v) is 7.93. The molecule has 0 radical (unpaired) electrons. The second-order valence-corrected chi connectivity index (χ2v) is 10.6. The maximum absolute atomic E-state index is 14.6. The lowest BCUT2D eigenvalue weighted by Gasteiger charge is -2.43. The molecule has 170 valence electrons. The quantitative estimate of drug-likeness (QED) is 0.402. The third-order valence-electron chi connectivity index (χ3n) is 9.50. The van der Waals surface area contributed by atoms with Crippen molar-refractivity contribution in [3.8, 4) is 0 Å². The second kappa shape index (κ2) is 5.88. The summed E-state index contributed by atoms with van der Waals surface area (Å²) in [7, 11) is 0. The highest BCUT2D eigenvalue weighted by atomic mass is 19.4. The van der Waals surface area contributed by atoms with Gasteiger partial charge in [0.05, 0.1) is 12.5 Å². The molecule has 4 nitrogen and oxygen atoms in total. The minimum absolute atomic E-state index is 0.0403. The first kappa shape index (κ1) is 20.9. The van der Waals surface area contributed by atoms with Crippen molar-refractivity contribution >= 4 is 5.97 Å². The predicted molar refractivity (Wildman–Crippen MR) is 93.0 cm³/mol. The maximum atomic E-state index is 14.6.